The molecular weight excluding hydrogens is 198 g/mol. The number of ether oxygens (including phenoxy) is 1. The van der Waals surface area contributed by atoms with E-state index in [1.807, 2.05) is 19.1 Å². The predicted octanol–water partition coefficient (Wildman–Crippen LogP) is 3.22. The fraction of sp³-hybridized carbons (Fsp3) is 0.571. The lowest BCUT2D eigenvalue weighted by atomic mass is 10.1. The Labute approximate surface area is 99.0 Å². The van der Waals surface area contributed by atoms with E-state index in [2.05, 4.69) is 38.2 Å². The Morgan fingerprint density at radius 3 is 2.50 bits per heavy atom. The fourth-order valence-electron chi connectivity index (χ4n) is 1.45. The summed E-state index contributed by atoms with van der Waals surface area (Å²) in [7, 11) is 0. The van der Waals surface area contributed by atoms with Crippen LogP contribution in [0.4, 0.5) is 0 Å². The number of nitrogens with one attached hydrogen (secondary N) is 1. The maximum atomic E-state index is 5.59. The summed E-state index contributed by atoms with van der Waals surface area (Å²) < 4.78 is 5.59. The van der Waals surface area contributed by atoms with E-state index in [4.69, 9.17) is 4.74 Å². The third-order valence-corrected chi connectivity index (χ3v) is 2.89. The van der Waals surface area contributed by atoms with Crippen molar-refractivity contribution in [3.05, 3.63) is 29.8 Å². The third-order valence-electron chi connectivity index (χ3n) is 2.89. The van der Waals surface area contributed by atoms with Gasteiger partial charge < -0.3 is 10.1 Å². The molecule has 1 aromatic rings. The number of hydrogen-bond acceptors (Lipinski definition) is 2. The van der Waals surface area contributed by atoms with Gasteiger partial charge in [-0.3, -0.25) is 0 Å². The van der Waals surface area contributed by atoms with Crippen molar-refractivity contribution in [3.63, 3.8) is 0 Å². The quantitative estimate of drug-likeness (QED) is 0.796. The average molecular weight is 221 g/mol. The van der Waals surface area contributed by atoms with E-state index in [0.29, 0.717) is 12.0 Å². The van der Waals surface area contributed by atoms with Crippen LogP contribution in [0.1, 0.15) is 33.3 Å². The molecule has 1 N–H and O–H groups in total. The Morgan fingerprint density at radius 2 is 1.88 bits per heavy atom. The number of para-hydroxylation sites is 1. The first-order valence-electron chi connectivity index (χ1n) is 6.09. The zero-order valence-corrected chi connectivity index (χ0v) is 10.8. The summed E-state index contributed by atoms with van der Waals surface area (Å²) in [5, 5.41) is 3.52. The average Bonchev–Trinajstić information content (AvgIpc) is 2.27. The smallest absolute Gasteiger partial charge is 0.123 e. The fourth-order valence-corrected chi connectivity index (χ4v) is 1.45. The van der Waals surface area contributed by atoms with E-state index in [1.165, 1.54) is 5.56 Å². The molecule has 16 heavy (non-hydrogen) atoms. The van der Waals surface area contributed by atoms with Crippen LogP contribution >= 0.6 is 0 Å². The molecule has 0 aliphatic carbocycles. The van der Waals surface area contributed by atoms with Crippen molar-refractivity contribution in [1.29, 1.82) is 0 Å². The standard InChI is InChI=1S/C14H23NO/c1-5-16-14-9-7-6-8-13(14)10-15-12(4)11(2)3/h6-9,11-12,15H,5,10H2,1-4H3. The lowest BCUT2D eigenvalue weighted by molar-refractivity contribution is 0.333. The summed E-state index contributed by atoms with van der Waals surface area (Å²) >= 11 is 0. The van der Waals surface area contributed by atoms with Crippen molar-refractivity contribution >= 4 is 0 Å². The van der Waals surface area contributed by atoms with Gasteiger partial charge in [-0.15, -0.1) is 0 Å². The van der Waals surface area contributed by atoms with Gasteiger partial charge in [0.2, 0.25) is 0 Å². The van der Waals surface area contributed by atoms with Crippen LogP contribution in [0, 0.1) is 5.92 Å². The Morgan fingerprint density at radius 1 is 1.19 bits per heavy atom. The summed E-state index contributed by atoms with van der Waals surface area (Å²) in [4.78, 5) is 0. The lowest BCUT2D eigenvalue weighted by Crippen LogP contribution is -2.30. The van der Waals surface area contributed by atoms with Crippen LogP contribution in [-0.2, 0) is 6.54 Å². The summed E-state index contributed by atoms with van der Waals surface area (Å²) in [5.41, 5.74) is 1.23. The molecule has 1 rings (SSSR count). The first-order chi connectivity index (χ1) is 7.65. The monoisotopic (exact) mass is 221 g/mol. The Kier molecular flexibility index (Phi) is 5.33. The summed E-state index contributed by atoms with van der Waals surface area (Å²) in [6, 6.07) is 8.74. The van der Waals surface area contributed by atoms with E-state index in [9.17, 15) is 0 Å². The van der Waals surface area contributed by atoms with Crippen LogP contribution in [0.3, 0.4) is 0 Å². The van der Waals surface area contributed by atoms with Gasteiger partial charge in [0.25, 0.3) is 0 Å². The van der Waals surface area contributed by atoms with Crippen LogP contribution in [0.2, 0.25) is 0 Å². The Bertz CT molecular complexity index is 309. The minimum Gasteiger partial charge on any atom is -0.494 e. The second kappa shape index (κ2) is 6.54. The van der Waals surface area contributed by atoms with Crippen LogP contribution in [0.5, 0.6) is 5.75 Å². The van der Waals surface area contributed by atoms with Gasteiger partial charge in [-0.25, -0.2) is 0 Å². The second-order valence-corrected chi connectivity index (χ2v) is 4.45. The number of rotatable bonds is 6. The molecule has 0 saturated carbocycles. The molecule has 0 aliphatic heterocycles. The molecule has 0 heterocycles. The molecule has 0 aliphatic rings. The van der Waals surface area contributed by atoms with Gasteiger partial charge in [-0.2, -0.15) is 0 Å². The molecule has 0 aromatic heterocycles. The van der Waals surface area contributed by atoms with Crippen molar-refractivity contribution in [2.45, 2.75) is 40.3 Å². The van der Waals surface area contributed by atoms with Crippen LogP contribution in [0.15, 0.2) is 24.3 Å². The van der Waals surface area contributed by atoms with E-state index in [0.717, 1.165) is 18.9 Å². The molecule has 2 nitrogen and oxygen atoms in total. The molecular formula is C14H23NO. The van der Waals surface area contributed by atoms with E-state index < -0.39 is 0 Å². The SMILES string of the molecule is CCOc1ccccc1CNC(C)C(C)C. The summed E-state index contributed by atoms with van der Waals surface area (Å²) in [6.45, 7) is 10.3. The van der Waals surface area contributed by atoms with Crippen molar-refractivity contribution in [2.24, 2.45) is 5.92 Å². The van der Waals surface area contributed by atoms with Gasteiger partial charge in [-0.1, -0.05) is 32.0 Å². The van der Waals surface area contributed by atoms with Crippen molar-refractivity contribution in [2.75, 3.05) is 6.61 Å². The molecule has 0 saturated heterocycles. The van der Waals surface area contributed by atoms with E-state index in [-0.39, 0.29) is 0 Å². The summed E-state index contributed by atoms with van der Waals surface area (Å²) in [6.07, 6.45) is 0. The van der Waals surface area contributed by atoms with Gasteiger partial charge in [0.05, 0.1) is 6.61 Å². The molecule has 0 spiro atoms. The molecule has 1 aromatic carbocycles. The molecule has 2 heteroatoms. The van der Waals surface area contributed by atoms with Crippen LogP contribution in [0.25, 0.3) is 0 Å². The van der Waals surface area contributed by atoms with Gasteiger partial charge in [0.15, 0.2) is 0 Å². The normalized spacial score (nSPS) is 12.8. The maximum absolute atomic E-state index is 5.59. The number of benzene rings is 1. The van der Waals surface area contributed by atoms with E-state index >= 15 is 0 Å². The van der Waals surface area contributed by atoms with Gasteiger partial charge >= 0.3 is 0 Å². The maximum Gasteiger partial charge on any atom is 0.123 e. The largest absolute Gasteiger partial charge is 0.494 e. The predicted molar refractivity (Wildman–Crippen MR) is 68.8 cm³/mol. The first-order valence-corrected chi connectivity index (χ1v) is 6.09. The molecule has 0 radical (unpaired) electrons. The molecule has 0 bridgehead atoms. The Hall–Kier alpha value is -1.02. The number of hydrogen-bond donors (Lipinski definition) is 1. The molecule has 1 atom stereocenters. The zero-order valence-electron chi connectivity index (χ0n) is 10.8. The molecule has 0 fully saturated rings. The van der Waals surface area contributed by atoms with Crippen LogP contribution in [-0.4, -0.2) is 12.6 Å². The first kappa shape index (κ1) is 13.0. The van der Waals surface area contributed by atoms with Crippen molar-refractivity contribution < 1.29 is 4.74 Å². The van der Waals surface area contributed by atoms with Gasteiger partial charge in [-0.05, 0) is 25.8 Å². The summed E-state index contributed by atoms with van der Waals surface area (Å²) in [5.74, 6) is 1.65. The highest BCUT2D eigenvalue weighted by molar-refractivity contribution is 5.33. The minimum atomic E-state index is 0.523. The van der Waals surface area contributed by atoms with Crippen molar-refractivity contribution in [1.82, 2.24) is 5.32 Å². The van der Waals surface area contributed by atoms with Crippen molar-refractivity contribution in [3.8, 4) is 5.75 Å². The second-order valence-electron chi connectivity index (χ2n) is 4.45. The third kappa shape index (κ3) is 3.86. The topological polar surface area (TPSA) is 21.3 Å². The molecule has 1 unspecified atom stereocenters. The molecule has 0 amide bonds. The lowest BCUT2D eigenvalue weighted by Gasteiger charge is -2.18. The van der Waals surface area contributed by atoms with Crippen LogP contribution < -0.4 is 10.1 Å². The molecule has 90 valence electrons. The van der Waals surface area contributed by atoms with E-state index in [1.54, 1.807) is 0 Å². The van der Waals surface area contributed by atoms with Gasteiger partial charge in [0, 0.05) is 18.2 Å². The minimum absolute atomic E-state index is 0.523. The Balaban J connectivity index is 2.58. The highest BCUT2D eigenvalue weighted by atomic mass is 16.5. The highest BCUT2D eigenvalue weighted by Crippen LogP contribution is 2.18. The highest BCUT2D eigenvalue weighted by Gasteiger charge is 2.07. The van der Waals surface area contributed by atoms with Gasteiger partial charge in [0.1, 0.15) is 5.75 Å². The zero-order chi connectivity index (χ0) is 12.0.